The molecular formula is C12H17NO2S. The molecule has 1 aliphatic rings. The third kappa shape index (κ3) is 2.50. The van der Waals surface area contributed by atoms with Gasteiger partial charge in [0.2, 0.25) is 0 Å². The number of hydrogen-bond acceptors (Lipinski definition) is 4. The normalized spacial score (nSPS) is 22.8. The highest BCUT2D eigenvalue weighted by Crippen LogP contribution is 2.36. The highest BCUT2D eigenvalue weighted by atomic mass is 32.2. The van der Waals surface area contributed by atoms with E-state index in [4.69, 9.17) is 4.74 Å². The third-order valence-electron chi connectivity index (χ3n) is 2.87. The van der Waals surface area contributed by atoms with E-state index in [1.165, 1.54) is 12.8 Å². The van der Waals surface area contributed by atoms with Gasteiger partial charge in [-0.1, -0.05) is 6.42 Å². The van der Waals surface area contributed by atoms with E-state index in [1.54, 1.807) is 13.3 Å². The molecule has 1 N–H and O–H groups in total. The van der Waals surface area contributed by atoms with Gasteiger partial charge in [-0.25, -0.2) is 0 Å². The largest absolute Gasteiger partial charge is 0.495 e. The molecule has 2 heterocycles. The molecule has 16 heavy (non-hydrogen) atoms. The molecular weight excluding hydrogens is 222 g/mol. The number of ether oxygens (including phenoxy) is 1. The van der Waals surface area contributed by atoms with Crippen molar-refractivity contribution in [2.75, 3.05) is 12.9 Å². The van der Waals surface area contributed by atoms with Crippen LogP contribution in [0.25, 0.3) is 0 Å². The van der Waals surface area contributed by atoms with Crippen LogP contribution in [0.15, 0.2) is 18.3 Å². The smallest absolute Gasteiger partial charge is 0.143 e. The first kappa shape index (κ1) is 11.7. The maximum atomic E-state index is 10.3. The molecule has 4 heteroatoms. The van der Waals surface area contributed by atoms with Crippen molar-refractivity contribution in [1.82, 2.24) is 4.98 Å². The minimum absolute atomic E-state index is 0.262. The molecule has 3 nitrogen and oxygen atoms in total. The van der Waals surface area contributed by atoms with Crippen molar-refractivity contribution in [3.05, 3.63) is 24.0 Å². The fourth-order valence-corrected chi connectivity index (χ4v) is 3.31. The maximum absolute atomic E-state index is 10.3. The molecule has 0 aromatic carbocycles. The predicted octanol–water partition coefficient (Wildman–Crippen LogP) is 2.41. The van der Waals surface area contributed by atoms with Crippen LogP contribution in [0.3, 0.4) is 0 Å². The lowest BCUT2D eigenvalue weighted by molar-refractivity contribution is 0.159. The summed E-state index contributed by atoms with van der Waals surface area (Å²) in [5, 5.41) is 10.6. The number of methoxy groups -OCH3 is 1. The van der Waals surface area contributed by atoms with E-state index in [0.29, 0.717) is 11.4 Å². The van der Waals surface area contributed by atoms with Gasteiger partial charge in [-0.15, -0.1) is 0 Å². The Morgan fingerprint density at radius 2 is 2.44 bits per heavy atom. The Morgan fingerprint density at radius 3 is 3.12 bits per heavy atom. The summed E-state index contributed by atoms with van der Waals surface area (Å²) in [4.78, 5) is 4.24. The summed E-state index contributed by atoms with van der Waals surface area (Å²) in [5.41, 5.74) is 0.671. The van der Waals surface area contributed by atoms with Crippen LogP contribution in [0.4, 0.5) is 0 Å². The van der Waals surface area contributed by atoms with Crippen molar-refractivity contribution in [2.45, 2.75) is 30.6 Å². The minimum Gasteiger partial charge on any atom is -0.495 e. The molecule has 1 fully saturated rings. The molecule has 0 spiro atoms. The Labute approximate surface area is 100 Å². The number of aliphatic hydroxyl groups is 1. The maximum Gasteiger partial charge on any atom is 0.143 e. The van der Waals surface area contributed by atoms with Crippen molar-refractivity contribution in [2.24, 2.45) is 0 Å². The van der Waals surface area contributed by atoms with Crippen LogP contribution in [0.1, 0.15) is 31.1 Å². The predicted molar refractivity (Wildman–Crippen MR) is 65.8 cm³/mol. The molecule has 1 saturated heterocycles. The van der Waals surface area contributed by atoms with Gasteiger partial charge < -0.3 is 9.84 Å². The number of rotatable bonds is 3. The van der Waals surface area contributed by atoms with E-state index in [2.05, 4.69) is 4.98 Å². The summed E-state index contributed by atoms with van der Waals surface area (Å²) in [7, 11) is 1.61. The van der Waals surface area contributed by atoms with Crippen LogP contribution in [-0.2, 0) is 0 Å². The Hall–Kier alpha value is -0.740. The average Bonchev–Trinajstić information content (AvgIpc) is 2.39. The van der Waals surface area contributed by atoms with Crippen molar-refractivity contribution < 1.29 is 9.84 Å². The van der Waals surface area contributed by atoms with Crippen molar-refractivity contribution in [1.29, 1.82) is 0 Å². The second-order valence-corrected chi connectivity index (χ2v) is 5.29. The molecule has 1 aliphatic heterocycles. The topological polar surface area (TPSA) is 42.4 Å². The summed E-state index contributed by atoms with van der Waals surface area (Å²) < 4.78 is 5.23. The fraction of sp³-hybridized carbons (Fsp3) is 0.583. The number of thioether (sulfide) groups is 1. The molecule has 88 valence electrons. The SMILES string of the molecule is COc1cccnc1C(O)C1CCCCS1. The molecule has 2 atom stereocenters. The van der Waals surface area contributed by atoms with Gasteiger partial charge in [0.25, 0.3) is 0 Å². The Balaban J connectivity index is 2.15. The average molecular weight is 239 g/mol. The van der Waals surface area contributed by atoms with E-state index >= 15 is 0 Å². The van der Waals surface area contributed by atoms with Crippen LogP contribution in [0.5, 0.6) is 5.75 Å². The molecule has 0 aliphatic carbocycles. The van der Waals surface area contributed by atoms with E-state index in [1.807, 2.05) is 23.9 Å². The van der Waals surface area contributed by atoms with Crippen molar-refractivity contribution in [3.63, 3.8) is 0 Å². The zero-order chi connectivity index (χ0) is 11.4. The number of aromatic nitrogens is 1. The summed E-state index contributed by atoms with van der Waals surface area (Å²) in [6, 6.07) is 3.67. The first-order valence-corrected chi connectivity index (χ1v) is 6.66. The van der Waals surface area contributed by atoms with E-state index in [0.717, 1.165) is 12.2 Å². The molecule has 1 aromatic heterocycles. The second kappa shape index (κ2) is 5.55. The lowest BCUT2D eigenvalue weighted by Crippen LogP contribution is -2.20. The minimum atomic E-state index is -0.513. The molecule has 0 amide bonds. The van der Waals surface area contributed by atoms with Gasteiger partial charge >= 0.3 is 0 Å². The number of hydrogen-bond donors (Lipinski definition) is 1. The molecule has 0 radical (unpaired) electrons. The quantitative estimate of drug-likeness (QED) is 0.879. The van der Waals surface area contributed by atoms with Crippen LogP contribution in [0.2, 0.25) is 0 Å². The van der Waals surface area contributed by atoms with E-state index < -0.39 is 6.10 Å². The van der Waals surface area contributed by atoms with Crippen LogP contribution in [-0.4, -0.2) is 28.2 Å². The zero-order valence-corrected chi connectivity index (χ0v) is 10.2. The summed E-state index contributed by atoms with van der Waals surface area (Å²) in [6.45, 7) is 0. The summed E-state index contributed by atoms with van der Waals surface area (Å²) in [5.74, 6) is 1.82. The number of pyridine rings is 1. The lowest BCUT2D eigenvalue weighted by atomic mass is 10.1. The summed E-state index contributed by atoms with van der Waals surface area (Å²) in [6.07, 6.45) is 4.71. The van der Waals surface area contributed by atoms with Gasteiger partial charge in [-0.2, -0.15) is 11.8 Å². The highest BCUT2D eigenvalue weighted by Gasteiger charge is 2.26. The van der Waals surface area contributed by atoms with Crippen molar-refractivity contribution >= 4 is 11.8 Å². The Kier molecular flexibility index (Phi) is 4.07. The summed E-state index contributed by atoms with van der Waals surface area (Å²) >= 11 is 1.84. The Bertz CT molecular complexity index is 340. The van der Waals surface area contributed by atoms with Crippen LogP contribution >= 0.6 is 11.8 Å². The Morgan fingerprint density at radius 1 is 1.56 bits per heavy atom. The standard InChI is InChI=1S/C12H17NO2S/c1-15-9-5-4-7-13-11(9)12(14)10-6-2-3-8-16-10/h4-5,7,10,12,14H,2-3,6,8H2,1H3. The molecule has 2 rings (SSSR count). The van der Waals surface area contributed by atoms with Gasteiger partial charge in [0, 0.05) is 11.4 Å². The van der Waals surface area contributed by atoms with Crippen molar-refractivity contribution in [3.8, 4) is 5.75 Å². The molecule has 0 bridgehead atoms. The van der Waals surface area contributed by atoms with Crippen LogP contribution < -0.4 is 4.74 Å². The number of nitrogens with zero attached hydrogens (tertiary/aromatic N) is 1. The first-order valence-electron chi connectivity index (χ1n) is 5.61. The van der Waals surface area contributed by atoms with Gasteiger partial charge in [0.1, 0.15) is 17.5 Å². The highest BCUT2D eigenvalue weighted by molar-refractivity contribution is 7.99. The number of aliphatic hydroxyl groups excluding tert-OH is 1. The zero-order valence-electron chi connectivity index (χ0n) is 9.43. The fourth-order valence-electron chi connectivity index (χ4n) is 1.99. The molecule has 1 aromatic rings. The van der Waals surface area contributed by atoms with Gasteiger partial charge in [-0.3, -0.25) is 4.98 Å². The first-order chi connectivity index (χ1) is 7.83. The lowest BCUT2D eigenvalue weighted by Gasteiger charge is -2.26. The van der Waals surface area contributed by atoms with E-state index in [-0.39, 0.29) is 5.25 Å². The van der Waals surface area contributed by atoms with Crippen LogP contribution in [0, 0.1) is 0 Å². The van der Waals surface area contributed by atoms with Gasteiger partial charge in [0.05, 0.1) is 7.11 Å². The second-order valence-electron chi connectivity index (χ2n) is 3.94. The molecule has 2 unspecified atom stereocenters. The monoisotopic (exact) mass is 239 g/mol. The van der Waals surface area contributed by atoms with Gasteiger partial charge in [-0.05, 0) is 30.7 Å². The van der Waals surface area contributed by atoms with Gasteiger partial charge in [0.15, 0.2) is 0 Å². The van der Waals surface area contributed by atoms with E-state index in [9.17, 15) is 5.11 Å². The molecule has 0 saturated carbocycles. The third-order valence-corrected chi connectivity index (χ3v) is 4.31.